The van der Waals surface area contributed by atoms with Crippen LogP contribution in [-0.4, -0.2) is 33.9 Å². The maximum Gasteiger partial charge on any atom is 0.240 e. The molecule has 1 N–H and O–H groups in total. The molecular formula is C35H29F3N4O2S. The Hall–Kier alpha value is -4.83. The second kappa shape index (κ2) is 12.6. The lowest BCUT2D eigenvalue weighted by Gasteiger charge is -2.24. The number of aromatic nitrogens is 2. The Bertz CT molecular complexity index is 1890. The molecule has 0 bridgehead atoms. The topological polar surface area (TPSA) is 67.2 Å². The molecule has 1 aromatic heterocycles. The highest BCUT2D eigenvalue weighted by molar-refractivity contribution is 8.00. The van der Waals surface area contributed by atoms with E-state index < -0.39 is 22.8 Å². The van der Waals surface area contributed by atoms with Crippen LogP contribution >= 0.6 is 11.8 Å². The van der Waals surface area contributed by atoms with E-state index in [9.17, 15) is 18.4 Å². The molecule has 0 spiro atoms. The van der Waals surface area contributed by atoms with Gasteiger partial charge in [-0.05, 0) is 54.8 Å². The number of hydrogen-bond donors (Lipinski definition) is 1. The minimum absolute atomic E-state index is 0.0670. The largest absolute Gasteiger partial charge is 0.350 e. The van der Waals surface area contributed by atoms with E-state index in [1.54, 1.807) is 16.8 Å². The van der Waals surface area contributed by atoms with E-state index >= 15 is 4.39 Å². The lowest BCUT2D eigenvalue weighted by Crippen LogP contribution is -2.42. The number of carbonyl (C=O) groups is 2. The number of thioether (sulfide) groups is 1. The highest BCUT2D eigenvalue weighted by Gasteiger charge is 2.38. The molecule has 6 rings (SSSR count). The molecule has 0 saturated carbocycles. The fourth-order valence-electron chi connectivity index (χ4n) is 5.42. The molecule has 6 nitrogen and oxygen atoms in total. The third-order valence-corrected chi connectivity index (χ3v) is 9.13. The molecule has 0 radical (unpaired) electrons. The lowest BCUT2D eigenvalue weighted by molar-refractivity contribution is -0.123. The van der Waals surface area contributed by atoms with Gasteiger partial charge < -0.3 is 5.32 Å². The number of halogens is 3. The van der Waals surface area contributed by atoms with Gasteiger partial charge in [0.15, 0.2) is 0 Å². The molecule has 2 amide bonds. The van der Waals surface area contributed by atoms with Gasteiger partial charge in [0, 0.05) is 29.3 Å². The molecule has 5 aromatic rings. The molecule has 228 valence electrons. The Morgan fingerprint density at radius 2 is 1.67 bits per heavy atom. The molecule has 2 heterocycles. The standard InChI is InChI=1S/C35H29F3N4O2S/c1-21-7-6-10-29(22(21)2)42-35-32(33(40-42)24-8-4-3-5-9-24)34(27-16-15-26(37)17-28(27)38)45-20-31(44)41(35)19-30(43)39-18-23-11-13-25(36)14-12-23/h3-17,34H,18-20H2,1-2H3,(H,39,43)/t34-/m1/s1. The monoisotopic (exact) mass is 626 g/mol. The summed E-state index contributed by atoms with van der Waals surface area (Å²) in [6, 6.07) is 24.3. The first kappa shape index (κ1) is 30.2. The van der Waals surface area contributed by atoms with Crippen LogP contribution in [0, 0.1) is 31.3 Å². The molecule has 4 aromatic carbocycles. The maximum absolute atomic E-state index is 15.5. The van der Waals surface area contributed by atoms with Gasteiger partial charge >= 0.3 is 0 Å². The van der Waals surface area contributed by atoms with Crippen molar-refractivity contribution in [2.24, 2.45) is 0 Å². The normalized spacial score (nSPS) is 14.6. The Balaban J connectivity index is 1.54. The van der Waals surface area contributed by atoms with E-state index in [1.165, 1.54) is 40.9 Å². The zero-order valence-electron chi connectivity index (χ0n) is 24.6. The number of rotatable bonds is 7. The average Bonchev–Trinajstić information content (AvgIpc) is 3.35. The Morgan fingerprint density at radius 3 is 2.40 bits per heavy atom. The maximum atomic E-state index is 15.5. The molecule has 0 fully saturated rings. The molecule has 0 unspecified atom stereocenters. The second-order valence-corrected chi connectivity index (χ2v) is 11.9. The van der Waals surface area contributed by atoms with E-state index in [-0.39, 0.29) is 36.1 Å². The summed E-state index contributed by atoms with van der Waals surface area (Å²) in [6.45, 7) is 3.72. The third-order valence-electron chi connectivity index (χ3n) is 7.89. The zero-order valence-corrected chi connectivity index (χ0v) is 25.4. The van der Waals surface area contributed by atoms with Crippen LogP contribution in [0.2, 0.25) is 0 Å². The fraction of sp³-hybridized carbons (Fsp3) is 0.171. The van der Waals surface area contributed by atoms with Crippen molar-refractivity contribution < 1.29 is 22.8 Å². The number of nitrogens with zero attached hydrogens (tertiary/aromatic N) is 3. The molecule has 45 heavy (non-hydrogen) atoms. The van der Waals surface area contributed by atoms with Gasteiger partial charge in [-0.25, -0.2) is 17.9 Å². The zero-order chi connectivity index (χ0) is 31.7. The van der Waals surface area contributed by atoms with Gasteiger partial charge in [0.25, 0.3) is 0 Å². The fourth-order valence-corrected chi connectivity index (χ4v) is 6.64. The first-order valence-electron chi connectivity index (χ1n) is 14.3. The number of carbonyl (C=O) groups excluding carboxylic acids is 2. The molecule has 1 aliphatic rings. The van der Waals surface area contributed by atoms with Crippen LogP contribution in [0.1, 0.15) is 33.1 Å². The van der Waals surface area contributed by atoms with Crippen LogP contribution in [0.25, 0.3) is 16.9 Å². The van der Waals surface area contributed by atoms with Gasteiger partial charge in [-0.15, -0.1) is 11.8 Å². The number of fused-ring (bicyclic) bond motifs is 1. The van der Waals surface area contributed by atoms with Crippen molar-refractivity contribution in [3.05, 3.63) is 136 Å². The summed E-state index contributed by atoms with van der Waals surface area (Å²) < 4.78 is 44.5. The SMILES string of the molecule is Cc1cccc(-n2nc(-c3ccccc3)c3c2N(CC(=O)NCc2ccc(F)cc2)C(=O)CS[C@@H]3c2ccc(F)cc2F)c1C. The minimum Gasteiger partial charge on any atom is -0.350 e. The van der Waals surface area contributed by atoms with E-state index in [2.05, 4.69) is 5.32 Å². The summed E-state index contributed by atoms with van der Waals surface area (Å²) in [5.74, 6) is -2.37. The lowest BCUT2D eigenvalue weighted by atomic mass is 9.99. The van der Waals surface area contributed by atoms with Gasteiger partial charge in [-0.1, -0.05) is 60.7 Å². The van der Waals surface area contributed by atoms with Crippen molar-refractivity contribution in [2.45, 2.75) is 25.6 Å². The summed E-state index contributed by atoms with van der Waals surface area (Å²) >= 11 is 1.20. The first-order chi connectivity index (χ1) is 21.7. The van der Waals surface area contributed by atoms with Gasteiger partial charge in [-0.2, -0.15) is 5.10 Å². The summed E-state index contributed by atoms with van der Waals surface area (Å²) in [5, 5.41) is 7.11. The van der Waals surface area contributed by atoms with Crippen LogP contribution in [0.3, 0.4) is 0 Å². The third kappa shape index (κ3) is 6.10. The number of nitrogens with one attached hydrogen (secondary N) is 1. The predicted octanol–water partition coefficient (Wildman–Crippen LogP) is 7.06. The quantitative estimate of drug-likeness (QED) is 0.210. The first-order valence-corrected chi connectivity index (χ1v) is 15.4. The van der Waals surface area contributed by atoms with Crippen LogP contribution in [0.15, 0.2) is 91.0 Å². The van der Waals surface area contributed by atoms with Crippen molar-refractivity contribution in [1.29, 1.82) is 0 Å². The Kier molecular flexibility index (Phi) is 8.49. The highest BCUT2D eigenvalue weighted by atomic mass is 32.2. The summed E-state index contributed by atoms with van der Waals surface area (Å²) in [7, 11) is 0. The molecular weight excluding hydrogens is 597 g/mol. The highest BCUT2D eigenvalue weighted by Crippen LogP contribution is 2.49. The molecule has 0 saturated heterocycles. The molecule has 10 heteroatoms. The van der Waals surface area contributed by atoms with Crippen LogP contribution < -0.4 is 10.2 Å². The van der Waals surface area contributed by atoms with E-state index in [4.69, 9.17) is 5.10 Å². The number of hydrogen-bond acceptors (Lipinski definition) is 4. The van der Waals surface area contributed by atoms with Crippen molar-refractivity contribution in [2.75, 3.05) is 17.2 Å². The van der Waals surface area contributed by atoms with E-state index in [1.807, 2.05) is 62.4 Å². The van der Waals surface area contributed by atoms with Crippen molar-refractivity contribution >= 4 is 29.4 Å². The van der Waals surface area contributed by atoms with E-state index in [0.717, 1.165) is 22.8 Å². The van der Waals surface area contributed by atoms with Gasteiger partial charge in [0.2, 0.25) is 11.8 Å². The van der Waals surface area contributed by atoms with Crippen molar-refractivity contribution in [3.8, 4) is 16.9 Å². The number of benzene rings is 4. The summed E-state index contributed by atoms with van der Waals surface area (Å²) in [4.78, 5) is 28.7. The molecule has 1 aliphatic heterocycles. The second-order valence-electron chi connectivity index (χ2n) is 10.8. The minimum atomic E-state index is -0.745. The number of amides is 2. The van der Waals surface area contributed by atoms with Crippen LogP contribution in [0.4, 0.5) is 19.0 Å². The van der Waals surface area contributed by atoms with Crippen molar-refractivity contribution in [3.63, 3.8) is 0 Å². The average molecular weight is 627 g/mol. The summed E-state index contributed by atoms with van der Waals surface area (Å²) in [5.41, 5.74) is 5.30. The number of anilines is 1. The van der Waals surface area contributed by atoms with Crippen LogP contribution in [0.5, 0.6) is 0 Å². The van der Waals surface area contributed by atoms with Crippen LogP contribution in [-0.2, 0) is 16.1 Å². The molecule has 0 aliphatic carbocycles. The van der Waals surface area contributed by atoms with Gasteiger partial charge in [0.05, 0.1) is 22.4 Å². The predicted molar refractivity (Wildman–Crippen MR) is 170 cm³/mol. The summed E-state index contributed by atoms with van der Waals surface area (Å²) in [6.07, 6.45) is 0. The molecule has 1 atom stereocenters. The van der Waals surface area contributed by atoms with Gasteiger partial charge in [0.1, 0.15) is 29.8 Å². The van der Waals surface area contributed by atoms with Crippen molar-refractivity contribution in [1.82, 2.24) is 15.1 Å². The van der Waals surface area contributed by atoms with Gasteiger partial charge in [-0.3, -0.25) is 14.5 Å². The smallest absolute Gasteiger partial charge is 0.240 e. The Labute approximate surface area is 262 Å². The Morgan fingerprint density at radius 1 is 0.933 bits per heavy atom. The number of aryl methyl sites for hydroxylation is 1. The van der Waals surface area contributed by atoms with E-state index in [0.29, 0.717) is 28.3 Å².